The van der Waals surface area contributed by atoms with E-state index >= 15 is 0 Å². The molecular weight excluding hydrogens is 644 g/mol. The highest BCUT2D eigenvalue weighted by atomic mass is 16.7. The first kappa shape index (κ1) is 36.1. The van der Waals surface area contributed by atoms with Crippen molar-refractivity contribution in [1.29, 1.82) is 0 Å². The Labute approximate surface area is 285 Å². The third-order valence-corrected chi connectivity index (χ3v) is 14.1. The van der Waals surface area contributed by atoms with Crippen molar-refractivity contribution in [3.63, 3.8) is 0 Å². The van der Waals surface area contributed by atoms with Gasteiger partial charge in [0, 0.05) is 11.5 Å². The van der Waals surface area contributed by atoms with Crippen molar-refractivity contribution in [3.05, 3.63) is 11.6 Å². The van der Waals surface area contributed by atoms with Crippen LogP contribution in [0.4, 0.5) is 0 Å². The standard InChI is InChI=1S/C35H54O14/c1-15-30(49-32-28(42)26(40)25(39)22(13-36)48-32)27(41)29(43)31(46-15)47-18-6-8-33(2)17(11-18)4-5-20-24(33)21(37)12-34(3)19(7-9-35(20,34)44)16-10-23(38)45-14-16/h10,15,17-22,24-32,36-37,39-44H,4-9,11-14H2,1-3H3/t15-,17-,18-,19+,20-,21-,22-,24-,25-,26-,27+,28-,29-,30-,31+,32-,33+,34-,35+/m1/s1. The molecule has 49 heavy (non-hydrogen) atoms. The number of aliphatic hydroxyl groups is 8. The second-order valence-corrected chi connectivity index (χ2v) is 16.5. The number of esters is 1. The molecule has 0 radical (unpaired) electrons. The van der Waals surface area contributed by atoms with Gasteiger partial charge in [-0.2, -0.15) is 0 Å². The fraction of sp³-hybridized carbons (Fsp3) is 0.914. The van der Waals surface area contributed by atoms with E-state index in [0.29, 0.717) is 25.7 Å². The van der Waals surface area contributed by atoms with Crippen LogP contribution in [0, 0.1) is 34.5 Å². The van der Waals surface area contributed by atoms with Gasteiger partial charge in [0.05, 0.1) is 30.5 Å². The molecule has 278 valence electrons. The molecule has 2 saturated heterocycles. The maximum Gasteiger partial charge on any atom is 0.331 e. The molecule has 0 amide bonds. The summed E-state index contributed by atoms with van der Waals surface area (Å²) in [5, 5.41) is 86.6. The first-order valence-electron chi connectivity index (χ1n) is 18.0. The van der Waals surface area contributed by atoms with Crippen LogP contribution >= 0.6 is 0 Å². The summed E-state index contributed by atoms with van der Waals surface area (Å²) in [6.07, 6.45) is -7.62. The smallest absolute Gasteiger partial charge is 0.331 e. The maximum atomic E-state index is 12.5. The van der Waals surface area contributed by atoms with Gasteiger partial charge in [0.2, 0.25) is 0 Å². The van der Waals surface area contributed by atoms with Crippen LogP contribution in [0.5, 0.6) is 0 Å². The molecule has 14 nitrogen and oxygen atoms in total. The molecule has 0 bridgehead atoms. The van der Waals surface area contributed by atoms with Crippen LogP contribution in [0.3, 0.4) is 0 Å². The lowest BCUT2D eigenvalue weighted by Gasteiger charge is -2.65. The fourth-order valence-corrected chi connectivity index (χ4v) is 11.4. The van der Waals surface area contributed by atoms with Crippen molar-refractivity contribution in [2.45, 2.75) is 151 Å². The van der Waals surface area contributed by atoms with Gasteiger partial charge in [0.25, 0.3) is 0 Å². The molecule has 8 N–H and O–H groups in total. The van der Waals surface area contributed by atoms with E-state index in [0.717, 1.165) is 31.3 Å². The summed E-state index contributed by atoms with van der Waals surface area (Å²) < 4.78 is 28.7. The number of fused-ring (bicyclic) bond motifs is 5. The summed E-state index contributed by atoms with van der Waals surface area (Å²) >= 11 is 0. The summed E-state index contributed by atoms with van der Waals surface area (Å²) in [6.45, 7) is 5.54. The number of carbonyl (C=O) groups excluding carboxylic acids is 1. The van der Waals surface area contributed by atoms with Gasteiger partial charge in [-0.3, -0.25) is 0 Å². The van der Waals surface area contributed by atoms with Gasteiger partial charge in [-0.05, 0) is 93.0 Å². The van der Waals surface area contributed by atoms with Crippen molar-refractivity contribution < 1.29 is 69.3 Å². The van der Waals surface area contributed by atoms with Gasteiger partial charge in [0.1, 0.15) is 49.3 Å². The Balaban J connectivity index is 0.995. The van der Waals surface area contributed by atoms with E-state index in [1.54, 1.807) is 13.0 Å². The van der Waals surface area contributed by atoms with E-state index < -0.39 is 85.1 Å². The van der Waals surface area contributed by atoms with Crippen molar-refractivity contribution in [3.8, 4) is 0 Å². The molecule has 3 heterocycles. The van der Waals surface area contributed by atoms with Gasteiger partial charge < -0.3 is 64.5 Å². The number of aliphatic hydroxyl groups excluding tert-OH is 7. The predicted octanol–water partition coefficient (Wildman–Crippen LogP) is -0.749. The molecule has 0 aromatic rings. The van der Waals surface area contributed by atoms with Crippen molar-refractivity contribution in [1.82, 2.24) is 0 Å². The van der Waals surface area contributed by atoms with E-state index in [2.05, 4.69) is 13.8 Å². The lowest BCUT2D eigenvalue weighted by molar-refractivity contribution is -0.360. The Kier molecular flexibility index (Phi) is 9.57. The molecule has 0 aromatic heterocycles. The van der Waals surface area contributed by atoms with Crippen molar-refractivity contribution in [2.75, 3.05) is 13.2 Å². The number of carbonyl (C=O) groups is 1. The summed E-state index contributed by atoms with van der Waals surface area (Å²) in [4.78, 5) is 11.9. The summed E-state index contributed by atoms with van der Waals surface area (Å²) in [5.41, 5.74) is -0.847. The average molecular weight is 699 g/mol. The highest BCUT2D eigenvalue weighted by Gasteiger charge is 2.70. The Hall–Kier alpha value is -1.27. The Bertz CT molecular complexity index is 1280. The van der Waals surface area contributed by atoms with Crippen molar-refractivity contribution in [2.24, 2.45) is 34.5 Å². The van der Waals surface area contributed by atoms with Gasteiger partial charge >= 0.3 is 5.97 Å². The summed E-state index contributed by atoms with van der Waals surface area (Å²) in [6, 6.07) is 0. The van der Waals surface area contributed by atoms with Gasteiger partial charge in [0.15, 0.2) is 12.6 Å². The number of ether oxygens (including phenoxy) is 5. The molecule has 0 unspecified atom stereocenters. The first-order chi connectivity index (χ1) is 23.1. The van der Waals surface area contributed by atoms with E-state index in [9.17, 15) is 45.6 Å². The fourth-order valence-electron chi connectivity index (χ4n) is 11.4. The number of hydrogen-bond donors (Lipinski definition) is 8. The second kappa shape index (κ2) is 13.0. The average Bonchev–Trinajstić information content (AvgIpc) is 3.60. The minimum atomic E-state index is -1.67. The van der Waals surface area contributed by atoms with Crippen LogP contribution in [0.1, 0.15) is 72.1 Å². The molecule has 4 saturated carbocycles. The molecule has 14 heteroatoms. The van der Waals surface area contributed by atoms with Crippen molar-refractivity contribution >= 4 is 5.97 Å². The zero-order valence-electron chi connectivity index (χ0n) is 28.4. The molecule has 6 fully saturated rings. The highest BCUT2D eigenvalue weighted by Crippen LogP contribution is 2.70. The molecular formula is C35H54O14. The topological polar surface area (TPSA) is 225 Å². The number of hydrogen-bond acceptors (Lipinski definition) is 14. The molecule has 0 aromatic carbocycles. The zero-order chi connectivity index (χ0) is 35.2. The van der Waals surface area contributed by atoms with Gasteiger partial charge in [-0.1, -0.05) is 13.8 Å². The summed E-state index contributed by atoms with van der Waals surface area (Å²) in [7, 11) is 0. The van der Waals surface area contributed by atoms with Gasteiger partial charge in [-0.15, -0.1) is 0 Å². The van der Waals surface area contributed by atoms with Gasteiger partial charge in [-0.25, -0.2) is 4.79 Å². The zero-order valence-corrected chi connectivity index (χ0v) is 28.4. The lowest BCUT2D eigenvalue weighted by atomic mass is 9.42. The maximum absolute atomic E-state index is 12.5. The molecule has 3 aliphatic heterocycles. The molecule has 7 aliphatic rings. The largest absolute Gasteiger partial charge is 0.458 e. The Morgan fingerprint density at radius 2 is 1.59 bits per heavy atom. The van der Waals surface area contributed by atoms with Crippen LogP contribution in [-0.4, -0.2) is 139 Å². The van der Waals surface area contributed by atoms with E-state index in [-0.39, 0.29) is 47.8 Å². The third kappa shape index (κ3) is 5.64. The number of rotatable bonds is 6. The van der Waals surface area contributed by atoms with Crippen LogP contribution in [-0.2, 0) is 28.5 Å². The Morgan fingerprint density at radius 1 is 0.878 bits per heavy atom. The molecule has 4 aliphatic carbocycles. The normalized spacial score (nSPS) is 56.0. The van der Waals surface area contributed by atoms with Crippen LogP contribution in [0.25, 0.3) is 0 Å². The van der Waals surface area contributed by atoms with Crippen LogP contribution in [0.15, 0.2) is 11.6 Å². The van der Waals surface area contributed by atoms with Crippen LogP contribution in [0.2, 0.25) is 0 Å². The first-order valence-corrected chi connectivity index (χ1v) is 18.0. The quantitative estimate of drug-likeness (QED) is 0.126. The van der Waals surface area contributed by atoms with E-state index in [4.69, 9.17) is 23.7 Å². The number of cyclic esters (lactones) is 1. The predicted molar refractivity (Wildman–Crippen MR) is 167 cm³/mol. The molecule has 0 spiro atoms. The minimum absolute atomic E-state index is 0.0175. The highest BCUT2D eigenvalue weighted by molar-refractivity contribution is 5.85. The SMILES string of the molecule is C[C@H]1O[C@@H](O[C@@H]2CC[C@@]3(C)[C@H](CC[C@@H]4[C@@H]3[C@H](O)C[C@]3(C)[C@H](C5=CC(=O)OC5)CC[C@]43O)C2)[C@H](O)[C@H](O)[C@@H]1O[C@H]1O[C@H](CO)[C@@H](O)[C@@H](O)[C@H]1O. The third-order valence-electron chi connectivity index (χ3n) is 14.1. The molecule has 19 atom stereocenters. The van der Waals surface area contributed by atoms with E-state index in [1.807, 2.05) is 0 Å². The monoisotopic (exact) mass is 698 g/mol. The Morgan fingerprint density at radius 3 is 2.29 bits per heavy atom. The summed E-state index contributed by atoms with van der Waals surface area (Å²) in [5.74, 6) is -0.342. The minimum Gasteiger partial charge on any atom is -0.458 e. The lowest BCUT2D eigenvalue weighted by Crippen LogP contribution is -2.66. The molecule has 7 rings (SSSR count). The second-order valence-electron chi connectivity index (χ2n) is 16.5. The van der Waals surface area contributed by atoms with E-state index in [1.165, 1.54) is 0 Å². The van der Waals surface area contributed by atoms with Crippen LogP contribution < -0.4 is 0 Å².